The molecule has 0 aliphatic heterocycles. The summed E-state index contributed by atoms with van der Waals surface area (Å²) in [6, 6.07) is 16.2. The predicted octanol–water partition coefficient (Wildman–Crippen LogP) is 3.26. The number of H-pyrrole nitrogens is 1. The monoisotopic (exact) mass is 227 g/mol. The van der Waals surface area contributed by atoms with Crippen molar-refractivity contribution in [3.8, 4) is 11.1 Å². The van der Waals surface area contributed by atoms with E-state index in [1.807, 2.05) is 36.4 Å². The molecule has 3 aromatic rings. The number of fused-ring (bicyclic) bond motifs is 1. The Balaban J connectivity index is 2.22. The van der Waals surface area contributed by atoms with Gasteiger partial charge in [0.15, 0.2) is 0 Å². The van der Waals surface area contributed by atoms with Crippen LogP contribution in [0.4, 0.5) is 0 Å². The minimum Gasteiger partial charge on any atom is -0.312 e. The van der Waals surface area contributed by atoms with E-state index in [1.165, 1.54) is 11.3 Å². The molecule has 1 heterocycles. The lowest BCUT2D eigenvalue weighted by Crippen LogP contribution is -1.89. The summed E-state index contributed by atoms with van der Waals surface area (Å²) in [5.41, 5.74) is 3.20. The van der Waals surface area contributed by atoms with Gasteiger partial charge in [0.1, 0.15) is 0 Å². The number of hydrogen-bond donors (Lipinski definition) is 1. The Bertz CT molecular complexity index is 682. The molecule has 78 valence electrons. The molecule has 0 amide bonds. The quantitative estimate of drug-likeness (QED) is 0.680. The molecule has 0 unspecified atom stereocenters. The van der Waals surface area contributed by atoms with Gasteiger partial charge in [-0.3, -0.25) is 4.79 Å². The first kappa shape index (κ1) is 9.36. The molecule has 16 heavy (non-hydrogen) atoms. The molecule has 0 aliphatic rings. The fourth-order valence-electron chi connectivity index (χ4n) is 1.76. The smallest absolute Gasteiger partial charge is 0.305 e. The van der Waals surface area contributed by atoms with Gasteiger partial charge in [-0.15, -0.1) is 0 Å². The maximum Gasteiger partial charge on any atom is 0.305 e. The molecular formula is C13H9NOS. The van der Waals surface area contributed by atoms with Crippen LogP contribution in [-0.4, -0.2) is 4.98 Å². The third kappa shape index (κ3) is 1.55. The van der Waals surface area contributed by atoms with Crippen LogP contribution < -0.4 is 4.87 Å². The first-order valence-electron chi connectivity index (χ1n) is 5.01. The lowest BCUT2D eigenvalue weighted by atomic mass is 10.1. The minimum absolute atomic E-state index is 0.000196. The Morgan fingerprint density at radius 1 is 0.938 bits per heavy atom. The maximum atomic E-state index is 11.2. The van der Waals surface area contributed by atoms with E-state index in [1.54, 1.807) is 0 Å². The molecule has 0 fully saturated rings. The SMILES string of the molecule is O=c1[nH]c2cc(-c3ccccc3)ccc2s1. The highest BCUT2D eigenvalue weighted by atomic mass is 32.1. The average Bonchev–Trinajstić information content (AvgIpc) is 2.69. The minimum atomic E-state index is 0.000196. The van der Waals surface area contributed by atoms with Gasteiger partial charge in [-0.2, -0.15) is 0 Å². The molecule has 0 radical (unpaired) electrons. The van der Waals surface area contributed by atoms with Crippen molar-refractivity contribution in [1.82, 2.24) is 4.98 Å². The molecular weight excluding hydrogens is 218 g/mol. The summed E-state index contributed by atoms with van der Waals surface area (Å²) in [5.74, 6) is 0. The number of nitrogens with one attached hydrogen (secondary N) is 1. The van der Waals surface area contributed by atoms with E-state index < -0.39 is 0 Å². The van der Waals surface area contributed by atoms with E-state index in [2.05, 4.69) is 17.1 Å². The molecule has 0 bridgehead atoms. The zero-order valence-corrected chi connectivity index (χ0v) is 9.25. The van der Waals surface area contributed by atoms with E-state index in [4.69, 9.17) is 0 Å². The Hall–Kier alpha value is -1.87. The summed E-state index contributed by atoms with van der Waals surface area (Å²) in [6.07, 6.45) is 0. The first-order chi connectivity index (χ1) is 7.83. The number of hydrogen-bond acceptors (Lipinski definition) is 2. The number of benzene rings is 2. The second-order valence-electron chi connectivity index (χ2n) is 3.59. The second kappa shape index (κ2) is 3.61. The molecule has 3 heteroatoms. The van der Waals surface area contributed by atoms with Gasteiger partial charge < -0.3 is 4.98 Å². The Labute approximate surface area is 96.2 Å². The average molecular weight is 227 g/mol. The Kier molecular flexibility index (Phi) is 2.11. The van der Waals surface area contributed by atoms with Crippen molar-refractivity contribution in [3.63, 3.8) is 0 Å². The number of aromatic amines is 1. The standard InChI is InChI=1S/C13H9NOS/c15-13-14-11-8-10(6-7-12(11)16-13)9-4-2-1-3-5-9/h1-8H,(H,14,15). The highest BCUT2D eigenvalue weighted by Crippen LogP contribution is 2.23. The van der Waals surface area contributed by atoms with E-state index in [9.17, 15) is 4.79 Å². The molecule has 0 aliphatic carbocycles. The van der Waals surface area contributed by atoms with E-state index >= 15 is 0 Å². The third-order valence-corrected chi connectivity index (χ3v) is 3.39. The molecule has 2 aromatic carbocycles. The van der Waals surface area contributed by atoms with E-state index in [-0.39, 0.29) is 4.87 Å². The fourth-order valence-corrected chi connectivity index (χ4v) is 2.48. The van der Waals surface area contributed by atoms with Gasteiger partial charge in [0.2, 0.25) is 0 Å². The topological polar surface area (TPSA) is 32.9 Å². The van der Waals surface area contributed by atoms with Crippen molar-refractivity contribution in [2.24, 2.45) is 0 Å². The van der Waals surface area contributed by atoms with Gasteiger partial charge in [0.25, 0.3) is 0 Å². The van der Waals surface area contributed by atoms with Crippen LogP contribution in [0.15, 0.2) is 53.3 Å². The van der Waals surface area contributed by atoms with Crippen molar-refractivity contribution in [3.05, 3.63) is 58.2 Å². The third-order valence-electron chi connectivity index (χ3n) is 2.53. The number of aromatic nitrogens is 1. The summed E-state index contributed by atoms with van der Waals surface area (Å²) in [5, 5.41) is 0. The molecule has 0 saturated heterocycles. The van der Waals surface area contributed by atoms with Gasteiger partial charge in [0.05, 0.1) is 10.2 Å². The summed E-state index contributed by atoms with van der Waals surface area (Å²) in [6.45, 7) is 0. The van der Waals surface area contributed by atoms with Crippen molar-refractivity contribution in [1.29, 1.82) is 0 Å². The molecule has 1 aromatic heterocycles. The van der Waals surface area contributed by atoms with Crippen LogP contribution in [0.25, 0.3) is 21.3 Å². The van der Waals surface area contributed by atoms with Crippen LogP contribution in [0.3, 0.4) is 0 Å². The van der Waals surface area contributed by atoms with Gasteiger partial charge in [-0.25, -0.2) is 0 Å². The van der Waals surface area contributed by atoms with Gasteiger partial charge >= 0.3 is 4.87 Å². The van der Waals surface area contributed by atoms with Crippen LogP contribution in [0.2, 0.25) is 0 Å². The van der Waals surface area contributed by atoms with Crippen LogP contribution >= 0.6 is 11.3 Å². The number of thiazole rings is 1. The fraction of sp³-hybridized carbons (Fsp3) is 0. The van der Waals surface area contributed by atoms with Gasteiger partial charge in [0, 0.05) is 0 Å². The molecule has 0 spiro atoms. The van der Waals surface area contributed by atoms with Crippen LogP contribution in [0.1, 0.15) is 0 Å². The largest absolute Gasteiger partial charge is 0.312 e. The highest BCUT2D eigenvalue weighted by Gasteiger charge is 2.01. The van der Waals surface area contributed by atoms with Crippen molar-refractivity contribution in [2.45, 2.75) is 0 Å². The lowest BCUT2D eigenvalue weighted by Gasteiger charge is -2.00. The van der Waals surface area contributed by atoms with Crippen molar-refractivity contribution >= 4 is 21.6 Å². The zero-order chi connectivity index (χ0) is 11.0. The highest BCUT2D eigenvalue weighted by molar-refractivity contribution is 7.16. The Morgan fingerprint density at radius 2 is 1.75 bits per heavy atom. The van der Waals surface area contributed by atoms with Gasteiger partial charge in [-0.1, -0.05) is 47.7 Å². The summed E-state index contributed by atoms with van der Waals surface area (Å²) in [7, 11) is 0. The van der Waals surface area contributed by atoms with Crippen LogP contribution in [-0.2, 0) is 0 Å². The molecule has 0 saturated carbocycles. The van der Waals surface area contributed by atoms with Crippen molar-refractivity contribution in [2.75, 3.05) is 0 Å². The second-order valence-corrected chi connectivity index (χ2v) is 4.61. The summed E-state index contributed by atoms with van der Waals surface area (Å²) in [4.78, 5) is 14.0. The number of rotatable bonds is 1. The normalized spacial score (nSPS) is 10.8. The van der Waals surface area contributed by atoms with Crippen molar-refractivity contribution < 1.29 is 0 Å². The maximum absolute atomic E-state index is 11.2. The van der Waals surface area contributed by atoms with E-state index in [0.29, 0.717) is 0 Å². The lowest BCUT2D eigenvalue weighted by molar-refractivity contribution is 1.41. The zero-order valence-electron chi connectivity index (χ0n) is 8.44. The molecule has 2 nitrogen and oxygen atoms in total. The molecule has 0 atom stereocenters. The van der Waals surface area contributed by atoms with E-state index in [0.717, 1.165) is 21.3 Å². The summed E-state index contributed by atoms with van der Waals surface area (Å²) < 4.78 is 1.00. The van der Waals surface area contributed by atoms with Crippen LogP contribution in [0, 0.1) is 0 Å². The predicted molar refractivity (Wildman–Crippen MR) is 67.9 cm³/mol. The summed E-state index contributed by atoms with van der Waals surface area (Å²) >= 11 is 1.24. The van der Waals surface area contributed by atoms with Crippen LogP contribution in [0.5, 0.6) is 0 Å². The Morgan fingerprint density at radius 3 is 2.56 bits per heavy atom. The first-order valence-corrected chi connectivity index (χ1v) is 5.83. The molecule has 3 rings (SSSR count). The van der Waals surface area contributed by atoms with Gasteiger partial charge in [-0.05, 0) is 23.3 Å². The molecule has 1 N–H and O–H groups in total.